The lowest BCUT2D eigenvalue weighted by molar-refractivity contribution is 0.527. The lowest BCUT2D eigenvalue weighted by Gasteiger charge is -2.24. The molecule has 0 aromatic carbocycles. The number of allylic oxidation sites excluding steroid dienone is 2. The normalized spacial score (nSPS) is 23.2. The molecule has 2 aliphatic carbocycles. The van der Waals surface area contributed by atoms with Crippen LogP contribution in [0.1, 0.15) is 42.9 Å². The molecule has 4 rings (SSSR count). The van der Waals surface area contributed by atoms with Gasteiger partial charge in [-0.05, 0) is 48.0 Å². The first-order valence-corrected chi connectivity index (χ1v) is 10.7. The zero-order valence-corrected chi connectivity index (χ0v) is 17.1. The highest BCUT2D eigenvalue weighted by Gasteiger charge is 2.27. The van der Waals surface area contributed by atoms with Gasteiger partial charge in [-0.2, -0.15) is 0 Å². The number of nitrogens with two attached hydrogens (primary N) is 1. The second-order valence-corrected chi connectivity index (χ2v) is 9.00. The van der Waals surface area contributed by atoms with Crippen molar-refractivity contribution in [3.8, 4) is 0 Å². The minimum Gasteiger partial charge on any atom is -0.380 e. The number of nitrogens with zero attached hydrogens (tertiary/aromatic N) is 1. The van der Waals surface area contributed by atoms with E-state index in [-0.39, 0.29) is 6.04 Å². The maximum atomic E-state index is 6.38. The molecule has 0 aliphatic heterocycles. The number of hydrogen-bond acceptors (Lipinski definition) is 4. The maximum absolute atomic E-state index is 6.38. The van der Waals surface area contributed by atoms with E-state index in [9.17, 15) is 0 Å². The van der Waals surface area contributed by atoms with Gasteiger partial charge in [0.1, 0.15) is 5.15 Å². The second-order valence-electron chi connectivity index (χ2n) is 6.77. The van der Waals surface area contributed by atoms with Gasteiger partial charge in [-0.3, -0.25) is 0 Å². The summed E-state index contributed by atoms with van der Waals surface area (Å²) in [6.45, 7) is 0.881. The molecule has 0 spiro atoms. The number of nitrogens with one attached hydrogen (secondary N) is 1. The van der Waals surface area contributed by atoms with Crippen LogP contribution in [0.5, 0.6) is 0 Å². The molecular formula is C19H21BrClN3S. The number of aromatic nitrogens is 1. The fraction of sp³-hybridized carbons (Fsp3) is 0.421. The third-order valence-electron chi connectivity index (χ3n) is 5.04. The predicted molar refractivity (Wildman–Crippen MR) is 112 cm³/mol. The fourth-order valence-corrected chi connectivity index (χ4v) is 6.10. The standard InChI is InChI=1S/C19H21BrClN3S/c20-16-17-19(25-18(16)12-7-3-4-8-13(12)22)14(9-15(21)24-17)23-10-11-5-1-2-6-11/h3-5,9,12-13H,1-2,6-8,10,22H2,(H,23,24)/t12-,13-/m1/s1. The molecule has 25 heavy (non-hydrogen) atoms. The summed E-state index contributed by atoms with van der Waals surface area (Å²) in [5.41, 5.74) is 9.87. The van der Waals surface area contributed by atoms with Crippen LogP contribution < -0.4 is 11.1 Å². The Morgan fingerprint density at radius 2 is 2.20 bits per heavy atom. The Morgan fingerprint density at radius 3 is 2.96 bits per heavy atom. The number of anilines is 1. The molecule has 3 nitrogen and oxygen atoms in total. The van der Waals surface area contributed by atoms with Gasteiger partial charge in [0, 0.05) is 29.4 Å². The third-order valence-corrected chi connectivity index (χ3v) is 7.64. The summed E-state index contributed by atoms with van der Waals surface area (Å²) in [6, 6.07) is 2.09. The van der Waals surface area contributed by atoms with E-state index in [1.807, 2.05) is 6.07 Å². The van der Waals surface area contributed by atoms with Crippen molar-refractivity contribution in [2.24, 2.45) is 5.73 Å². The maximum Gasteiger partial charge on any atom is 0.131 e. The summed E-state index contributed by atoms with van der Waals surface area (Å²) >= 11 is 11.9. The van der Waals surface area contributed by atoms with Gasteiger partial charge in [0.05, 0.1) is 20.4 Å². The number of halogens is 2. The minimum absolute atomic E-state index is 0.157. The average Bonchev–Trinajstić information content (AvgIpc) is 3.22. The SMILES string of the molecule is N[C@@H]1CC=CC[C@H]1c1sc2c(NCC3=CCCC3)cc(Cl)nc2c1Br. The molecule has 0 amide bonds. The zero-order chi connectivity index (χ0) is 17.4. The Balaban J connectivity index is 1.71. The Bertz CT molecular complexity index is 858. The molecule has 2 heterocycles. The highest BCUT2D eigenvalue weighted by molar-refractivity contribution is 9.10. The third kappa shape index (κ3) is 3.52. The van der Waals surface area contributed by atoms with Crippen LogP contribution in [0.2, 0.25) is 5.15 Å². The van der Waals surface area contributed by atoms with E-state index in [4.69, 9.17) is 17.3 Å². The van der Waals surface area contributed by atoms with E-state index >= 15 is 0 Å². The zero-order valence-electron chi connectivity index (χ0n) is 13.9. The van der Waals surface area contributed by atoms with Crippen LogP contribution in [0.3, 0.4) is 0 Å². The number of pyridine rings is 1. The summed E-state index contributed by atoms with van der Waals surface area (Å²) in [5, 5.41) is 4.10. The summed E-state index contributed by atoms with van der Waals surface area (Å²) in [5.74, 6) is 0.336. The van der Waals surface area contributed by atoms with Crippen LogP contribution >= 0.6 is 38.9 Å². The molecule has 0 radical (unpaired) electrons. The summed E-state index contributed by atoms with van der Waals surface area (Å²) in [7, 11) is 0. The Kier molecular flexibility index (Phi) is 5.18. The van der Waals surface area contributed by atoms with Gasteiger partial charge in [-0.15, -0.1) is 11.3 Å². The van der Waals surface area contributed by atoms with Crippen molar-refractivity contribution >= 4 is 54.8 Å². The van der Waals surface area contributed by atoms with Crippen molar-refractivity contribution in [2.75, 3.05) is 11.9 Å². The first kappa shape index (κ1) is 17.5. The van der Waals surface area contributed by atoms with Gasteiger partial charge in [0.2, 0.25) is 0 Å². The van der Waals surface area contributed by atoms with Crippen molar-refractivity contribution in [1.29, 1.82) is 0 Å². The molecule has 2 aromatic rings. The van der Waals surface area contributed by atoms with Crippen LogP contribution in [-0.4, -0.2) is 17.6 Å². The molecule has 0 saturated carbocycles. The first-order valence-electron chi connectivity index (χ1n) is 8.74. The van der Waals surface area contributed by atoms with Gasteiger partial charge in [-0.25, -0.2) is 4.98 Å². The lowest BCUT2D eigenvalue weighted by Crippen LogP contribution is -2.29. The molecule has 0 bridgehead atoms. The van der Waals surface area contributed by atoms with Gasteiger partial charge in [0.15, 0.2) is 0 Å². The highest BCUT2D eigenvalue weighted by Crippen LogP contribution is 2.45. The van der Waals surface area contributed by atoms with Gasteiger partial charge < -0.3 is 11.1 Å². The van der Waals surface area contributed by atoms with Crippen LogP contribution in [0.4, 0.5) is 5.69 Å². The number of fused-ring (bicyclic) bond motifs is 1. The van der Waals surface area contributed by atoms with Crippen LogP contribution in [0.25, 0.3) is 10.2 Å². The molecule has 2 aliphatic rings. The molecule has 0 fully saturated rings. The number of thiophene rings is 1. The summed E-state index contributed by atoms with van der Waals surface area (Å²) in [6.07, 6.45) is 12.3. The largest absolute Gasteiger partial charge is 0.380 e. The minimum atomic E-state index is 0.157. The molecule has 0 saturated heterocycles. The molecule has 132 valence electrons. The van der Waals surface area contributed by atoms with Crippen LogP contribution in [-0.2, 0) is 0 Å². The van der Waals surface area contributed by atoms with Crippen molar-refractivity contribution in [2.45, 2.75) is 44.1 Å². The van der Waals surface area contributed by atoms with Crippen LogP contribution in [0, 0.1) is 0 Å². The summed E-state index contributed by atoms with van der Waals surface area (Å²) < 4.78 is 2.21. The molecule has 6 heteroatoms. The Hall–Kier alpha value is -0.880. The van der Waals surface area contributed by atoms with Crippen molar-refractivity contribution in [3.63, 3.8) is 0 Å². The molecule has 2 aromatic heterocycles. The first-order chi connectivity index (χ1) is 12.1. The van der Waals surface area contributed by atoms with E-state index in [2.05, 4.69) is 44.5 Å². The number of hydrogen-bond donors (Lipinski definition) is 2. The van der Waals surface area contributed by atoms with E-state index in [0.717, 1.165) is 39.8 Å². The van der Waals surface area contributed by atoms with Gasteiger partial charge >= 0.3 is 0 Å². The molecule has 0 unspecified atom stereocenters. The molecular weight excluding hydrogens is 418 g/mol. The molecule has 3 N–H and O–H groups in total. The van der Waals surface area contributed by atoms with Crippen LogP contribution in [0.15, 0.2) is 34.3 Å². The van der Waals surface area contributed by atoms with E-state index in [1.165, 1.54) is 29.7 Å². The highest BCUT2D eigenvalue weighted by atomic mass is 79.9. The lowest BCUT2D eigenvalue weighted by atomic mass is 9.88. The predicted octanol–water partition coefficient (Wildman–Crippen LogP) is 6.00. The van der Waals surface area contributed by atoms with E-state index < -0.39 is 0 Å². The van der Waals surface area contributed by atoms with E-state index in [0.29, 0.717) is 11.1 Å². The van der Waals surface area contributed by atoms with Crippen molar-refractivity contribution < 1.29 is 0 Å². The molecule has 2 atom stereocenters. The topological polar surface area (TPSA) is 50.9 Å². The number of rotatable bonds is 4. The Labute approximate surface area is 165 Å². The monoisotopic (exact) mass is 437 g/mol. The fourth-order valence-electron chi connectivity index (χ4n) is 3.64. The van der Waals surface area contributed by atoms with E-state index in [1.54, 1.807) is 11.3 Å². The average molecular weight is 439 g/mol. The Morgan fingerprint density at radius 1 is 1.36 bits per heavy atom. The second kappa shape index (κ2) is 7.39. The quantitative estimate of drug-likeness (QED) is 0.455. The smallest absolute Gasteiger partial charge is 0.131 e. The summed E-state index contributed by atoms with van der Waals surface area (Å²) in [4.78, 5) is 5.85. The van der Waals surface area contributed by atoms with Gasteiger partial charge in [0.25, 0.3) is 0 Å². The van der Waals surface area contributed by atoms with Gasteiger partial charge in [-0.1, -0.05) is 35.4 Å². The van der Waals surface area contributed by atoms with Crippen molar-refractivity contribution in [3.05, 3.63) is 44.4 Å². The van der Waals surface area contributed by atoms with Crippen molar-refractivity contribution in [1.82, 2.24) is 4.98 Å².